The summed E-state index contributed by atoms with van der Waals surface area (Å²) in [5, 5.41) is 2.68. The molecule has 32 heavy (non-hydrogen) atoms. The quantitative estimate of drug-likeness (QED) is 0.535. The van der Waals surface area contributed by atoms with E-state index in [2.05, 4.69) is 5.32 Å². The predicted molar refractivity (Wildman–Crippen MR) is 126 cm³/mol. The molecule has 0 saturated heterocycles. The van der Waals surface area contributed by atoms with E-state index >= 15 is 0 Å². The van der Waals surface area contributed by atoms with Crippen molar-refractivity contribution in [2.24, 2.45) is 0 Å². The summed E-state index contributed by atoms with van der Waals surface area (Å²) in [4.78, 5) is 12.7. The standard InChI is InChI=1S/C21H28ClN3O5S2/c1-5-24(6-2)31(27,28)18-12-10-17(11-13-18)23-21(26)16-9-14-19(22)20(15-16)32(29,30)25(7-3)8-4/h9-15H,5-8H2,1-4H3,(H,23,26). The Morgan fingerprint density at radius 1 is 0.812 bits per heavy atom. The molecule has 1 amide bonds. The Morgan fingerprint density at radius 2 is 1.31 bits per heavy atom. The summed E-state index contributed by atoms with van der Waals surface area (Å²) in [5.74, 6) is -0.544. The molecule has 8 nitrogen and oxygen atoms in total. The predicted octanol–water partition coefficient (Wildman–Crippen LogP) is 3.65. The number of nitrogens with zero attached hydrogens (tertiary/aromatic N) is 2. The number of hydrogen-bond acceptors (Lipinski definition) is 5. The molecule has 0 bridgehead atoms. The highest BCUT2D eigenvalue weighted by Crippen LogP contribution is 2.26. The minimum atomic E-state index is -3.85. The number of hydrogen-bond donors (Lipinski definition) is 1. The Kier molecular flexibility index (Phi) is 8.83. The van der Waals surface area contributed by atoms with Gasteiger partial charge in [0.1, 0.15) is 4.90 Å². The molecule has 0 aromatic heterocycles. The summed E-state index contributed by atoms with van der Waals surface area (Å²) < 4.78 is 53.4. The first kappa shape index (κ1) is 26.3. The van der Waals surface area contributed by atoms with Gasteiger partial charge in [-0.15, -0.1) is 0 Å². The van der Waals surface area contributed by atoms with Gasteiger partial charge in [-0.1, -0.05) is 39.3 Å². The smallest absolute Gasteiger partial charge is 0.255 e. The SMILES string of the molecule is CCN(CC)S(=O)(=O)c1ccc(NC(=O)c2ccc(Cl)c(S(=O)(=O)N(CC)CC)c2)cc1. The minimum Gasteiger partial charge on any atom is -0.322 e. The van der Waals surface area contributed by atoms with Gasteiger partial charge in [-0.2, -0.15) is 8.61 Å². The van der Waals surface area contributed by atoms with E-state index in [9.17, 15) is 21.6 Å². The third-order valence-corrected chi connectivity index (χ3v) is 9.57. The number of carbonyl (C=O) groups is 1. The van der Waals surface area contributed by atoms with Crippen LogP contribution in [0.4, 0.5) is 5.69 Å². The third kappa shape index (κ3) is 5.49. The van der Waals surface area contributed by atoms with Crippen LogP contribution in [-0.4, -0.2) is 57.5 Å². The average molecular weight is 502 g/mol. The van der Waals surface area contributed by atoms with Crippen molar-refractivity contribution in [3.05, 3.63) is 53.1 Å². The Balaban J connectivity index is 2.29. The van der Waals surface area contributed by atoms with E-state index in [1.165, 1.54) is 51.1 Å². The molecule has 2 rings (SSSR count). The number of nitrogens with one attached hydrogen (secondary N) is 1. The summed E-state index contributed by atoms with van der Waals surface area (Å²) in [6.45, 7) is 8.21. The van der Waals surface area contributed by atoms with E-state index in [0.717, 1.165) is 0 Å². The largest absolute Gasteiger partial charge is 0.322 e. The lowest BCUT2D eigenvalue weighted by molar-refractivity contribution is 0.102. The maximum Gasteiger partial charge on any atom is 0.255 e. The number of halogens is 1. The normalized spacial score (nSPS) is 12.3. The fourth-order valence-corrected chi connectivity index (χ4v) is 6.59. The molecular formula is C21H28ClN3O5S2. The van der Waals surface area contributed by atoms with Crippen LogP contribution in [0.1, 0.15) is 38.1 Å². The first-order valence-electron chi connectivity index (χ1n) is 10.2. The molecule has 11 heteroatoms. The van der Waals surface area contributed by atoms with Gasteiger partial charge in [-0.05, 0) is 42.5 Å². The second-order valence-electron chi connectivity index (χ2n) is 6.80. The van der Waals surface area contributed by atoms with Crippen molar-refractivity contribution in [1.29, 1.82) is 0 Å². The number of benzene rings is 2. The van der Waals surface area contributed by atoms with Gasteiger partial charge in [-0.3, -0.25) is 4.79 Å². The lowest BCUT2D eigenvalue weighted by Crippen LogP contribution is -2.31. The van der Waals surface area contributed by atoms with Gasteiger partial charge in [0, 0.05) is 37.4 Å². The molecule has 0 aliphatic carbocycles. The van der Waals surface area contributed by atoms with E-state index < -0.39 is 26.0 Å². The van der Waals surface area contributed by atoms with E-state index in [1.807, 2.05) is 0 Å². The van der Waals surface area contributed by atoms with Gasteiger partial charge in [0.2, 0.25) is 20.0 Å². The molecule has 176 valence electrons. The van der Waals surface area contributed by atoms with Crippen LogP contribution in [0.3, 0.4) is 0 Å². The fraction of sp³-hybridized carbons (Fsp3) is 0.381. The maximum atomic E-state index is 12.8. The van der Waals surface area contributed by atoms with Crippen molar-refractivity contribution in [2.75, 3.05) is 31.5 Å². The van der Waals surface area contributed by atoms with Crippen molar-refractivity contribution in [1.82, 2.24) is 8.61 Å². The number of carbonyl (C=O) groups excluding carboxylic acids is 1. The number of rotatable bonds is 10. The van der Waals surface area contributed by atoms with Gasteiger partial charge < -0.3 is 5.32 Å². The Labute approximate surface area is 195 Å². The van der Waals surface area contributed by atoms with Gasteiger partial charge in [0.05, 0.1) is 9.92 Å². The van der Waals surface area contributed by atoms with Crippen LogP contribution in [-0.2, 0) is 20.0 Å². The van der Waals surface area contributed by atoms with E-state index in [-0.39, 0.29) is 33.5 Å². The van der Waals surface area contributed by atoms with Gasteiger partial charge in [-0.25, -0.2) is 16.8 Å². The van der Waals surface area contributed by atoms with E-state index in [1.54, 1.807) is 27.7 Å². The molecule has 2 aromatic carbocycles. The second-order valence-corrected chi connectivity index (χ2v) is 11.1. The number of anilines is 1. The molecule has 0 saturated carbocycles. The summed E-state index contributed by atoms with van der Waals surface area (Å²) in [7, 11) is -7.45. The van der Waals surface area contributed by atoms with Crippen molar-refractivity contribution in [3.8, 4) is 0 Å². The van der Waals surface area contributed by atoms with Crippen LogP contribution in [0.5, 0.6) is 0 Å². The highest BCUT2D eigenvalue weighted by atomic mass is 35.5. The van der Waals surface area contributed by atoms with Crippen LogP contribution < -0.4 is 5.32 Å². The molecule has 0 fully saturated rings. The molecule has 0 spiro atoms. The zero-order valence-electron chi connectivity index (χ0n) is 18.5. The zero-order chi connectivity index (χ0) is 24.1. The topological polar surface area (TPSA) is 104 Å². The van der Waals surface area contributed by atoms with Crippen molar-refractivity contribution < 1.29 is 21.6 Å². The minimum absolute atomic E-state index is 0.0272. The molecule has 2 aromatic rings. The van der Waals surface area contributed by atoms with E-state index in [0.29, 0.717) is 18.8 Å². The van der Waals surface area contributed by atoms with Crippen molar-refractivity contribution in [3.63, 3.8) is 0 Å². The zero-order valence-corrected chi connectivity index (χ0v) is 20.9. The molecule has 1 N–H and O–H groups in total. The number of sulfonamides is 2. The molecule has 0 heterocycles. The molecule has 0 aliphatic rings. The van der Waals surface area contributed by atoms with Gasteiger partial charge in [0.15, 0.2) is 0 Å². The summed E-state index contributed by atoms with van der Waals surface area (Å²) >= 11 is 6.11. The number of amides is 1. The van der Waals surface area contributed by atoms with Crippen LogP contribution in [0.15, 0.2) is 52.3 Å². The van der Waals surface area contributed by atoms with E-state index in [4.69, 9.17) is 11.6 Å². The van der Waals surface area contributed by atoms with Crippen molar-refractivity contribution >= 4 is 43.2 Å². The maximum absolute atomic E-state index is 12.8. The molecule has 0 unspecified atom stereocenters. The first-order chi connectivity index (χ1) is 15.0. The molecule has 0 atom stereocenters. The fourth-order valence-electron chi connectivity index (χ4n) is 3.17. The summed E-state index contributed by atoms with van der Waals surface area (Å²) in [6.07, 6.45) is 0. The first-order valence-corrected chi connectivity index (χ1v) is 13.5. The summed E-state index contributed by atoms with van der Waals surface area (Å²) in [5.41, 5.74) is 0.483. The van der Waals surface area contributed by atoms with Crippen molar-refractivity contribution in [2.45, 2.75) is 37.5 Å². The van der Waals surface area contributed by atoms with Gasteiger partial charge in [0.25, 0.3) is 5.91 Å². The lowest BCUT2D eigenvalue weighted by atomic mass is 10.2. The average Bonchev–Trinajstić information content (AvgIpc) is 2.75. The molecular weight excluding hydrogens is 474 g/mol. The van der Waals surface area contributed by atoms with Gasteiger partial charge >= 0.3 is 0 Å². The summed E-state index contributed by atoms with van der Waals surface area (Å²) in [6, 6.07) is 9.84. The highest BCUT2D eigenvalue weighted by Gasteiger charge is 2.26. The Morgan fingerprint density at radius 3 is 1.81 bits per heavy atom. The lowest BCUT2D eigenvalue weighted by Gasteiger charge is -2.19. The third-order valence-electron chi connectivity index (χ3n) is 4.97. The van der Waals surface area contributed by atoms with Crippen LogP contribution in [0.25, 0.3) is 0 Å². The van der Waals surface area contributed by atoms with Crippen LogP contribution >= 0.6 is 11.6 Å². The monoisotopic (exact) mass is 501 g/mol. The second kappa shape index (κ2) is 10.8. The van der Waals surface area contributed by atoms with Crippen LogP contribution in [0, 0.1) is 0 Å². The van der Waals surface area contributed by atoms with Crippen LogP contribution in [0.2, 0.25) is 5.02 Å². The Bertz CT molecular complexity index is 1160. The molecule has 0 aliphatic heterocycles. The highest BCUT2D eigenvalue weighted by molar-refractivity contribution is 7.89. The Hall–Kier alpha value is -1.98. The molecule has 0 radical (unpaired) electrons.